The molecular formula is C25H31N7O2S. The van der Waals surface area contributed by atoms with E-state index in [-0.39, 0.29) is 6.04 Å². The Hall–Kier alpha value is -3.24. The molecule has 1 aliphatic rings. The van der Waals surface area contributed by atoms with Crippen molar-refractivity contribution in [1.29, 1.82) is 0 Å². The zero-order chi connectivity index (χ0) is 24.7. The van der Waals surface area contributed by atoms with Gasteiger partial charge in [0.25, 0.3) is 0 Å². The van der Waals surface area contributed by atoms with Gasteiger partial charge in [-0.1, -0.05) is 19.1 Å². The molecule has 184 valence electrons. The lowest BCUT2D eigenvalue weighted by atomic mass is 10.0. The third kappa shape index (κ3) is 4.43. The molecule has 3 aromatic heterocycles. The van der Waals surface area contributed by atoms with Crippen molar-refractivity contribution >= 4 is 38.2 Å². The highest BCUT2D eigenvalue weighted by atomic mass is 32.2. The van der Waals surface area contributed by atoms with Gasteiger partial charge in [-0.2, -0.15) is 4.98 Å². The van der Waals surface area contributed by atoms with E-state index in [4.69, 9.17) is 9.97 Å². The summed E-state index contributed by atoms with van der Waals surface area (Å²) in [6.07, 6.45) is 6.75. The number of benzene rings is 1. The van der Waals surface area contributed by atoms with Gasteiger partial charge >= 0.3 is 0 Å². The Morgan fingerprint density at radius 1 is 1.14 bits per heavy atom. The number of piperazine rings is 1. The number of sulfone groups is 1. The third-order valence-electron chi connectivity index (χ3n) is 6.90. The van der Waals surface area contributed by atoms with Crippen LogP contribution in [0.4, 0.5) is 11.6 Å². The number of likely N-dealkylation sites (N-methyl/N-ethyl adjacent to an activating group) is 1. The molecule has 0 bridgehead atoms. The van der Waals surface area contributed by atoms with Crippen LogP contribution in [0, 0.1) is 6.92 Å². The van der Waals surface area contributed by atoms with Crippen molar-refractivity contribution in [3.05, 3.63) is 54.0 Å². The number of pyridine rings is 1. The van der Waals surface area contributed by atoms with Crippen molar-refractivity contribution < 1.29 is 8.42 Å². The van der Waals surface area contributed by atoms with Gasteiger partial charge in [-0.3, -0.25) is 4.40 Å². The number of imidazole rings is 1. The summed E-state index contributed by atoms with van der Waals surface area (Å²) in [4.78, 5) is 19.1. The fourth-order valence-electron chi connectivity index (χ4n) is 4.91. The summed E-state index contributed by atoms with van der Waals surface area (Å²) in [6, 6.07) is 7.32. The van der Waals surface area contributed by atoms with Gasteiger partial charge < -0.3 is 15.1 Å². The van der Waals surface area contributed by atoms with Gasteiger partial charge in [0.1, 0.15) is 11.6 Å². The number of nitrogens with one attached hydrogen (secondary N) is 1. The molecule has 1 fully saturated rings. The number of aromatic nitrogens is 4. The molecule has 0 unspecified atom stereocenters. The highest BCUT2D eigenvalue weighted by Gasteiger charge is 2.21. The molecule has 10 heteroatoms. The fourth-order valence-corrected chi connectivity index (χ4v) is 5.91. The molecule has 35 heavy (non-hydrogen) atoms. The predicted octanol–water partition coefficient (Wildman–Crippen LogP) is 3.30. The van der Waals surface area contributed by atoms with E-state index < -0.39 is 9.84 Å². The zero-order valence-corrected chi connectivity index (χ0v) is 21.4. The van der Waals surface area contributed by atoms with Crippen molar-refractivity contribution in [1.82, 2.24) is 24.3 Å². The normalized spacial score (nSPS) is 16.2. The van der Waals surface area contributed by atoms with E-state index >= 15 is 0 Å². The minimum absolute atomic E-state index is 0.172. The zero-order valence-electron chi connectivity index (χ0n) is 20.6. The molecule has 5 rings (SSSR count). The lowest BCUT2D eigenvalue weighted by molar-refractivity contribution is 0.270. The molecule has 4 heterocycles. The lowest BCUT2D eigenvalue weighted by Gasteiger charge is -2.34. The van der Waals surface area contributed by atoms with Crippen LogP contribution in [0.1, 0.15) is 31.0 Å². The highest BCUT2D eigenvalue weighted by molar-refractivity contribution is 7.90. The van der Waals surface area contributed by atoms with Gasteiger partial charge in [0.2, 0.25) is 5.78 Å². The number of fused-ring (bicyclic) bond motifs is 3. The SMILES string of the molecule is CCN1CCN(c2cc3c(N[C@H](C)c4cccc(S(C)(=O)=O)c4C)nc4nccn4c3cn2)CC1. The van der Waals surface area contributed by atoms with E-state index in [0.29, 0.717) is 16.5 Å². The Morgan fingerprint density at radius 2 is 1.91 bits per heavy atom. The van der Waals surface area contributed by atoms with Gasteiger partial charge in [-0.15, -0.1) is 0 Å². The first-order valence-corrected chi connectivity index (χ1v) is 13.8. The standard InChI is InChI=1S/C25H31N7O2S/c1-5-30-11-13-31(14-12-30)23-15-20-21(16-27-23)32-10-9-26-25(32)29-24(20)28-18(3)19-7-6-8-22(17(19)2)35(4,33)34/h6-10,15-16,18H,5,11-14H2,1-4H3,(H,26,28,29)/t18-/m1/s1. The molecular weight excluding hydrogens is 462 g/mol. The molecule has 4 aromatic rings. The Labute approximate surface area is 205 Å². The summed E-state index contributed by atoms with van der Waals surface area (Å²) in [5, 5.41) is 4.48. The molecule has 0 amide bonds. The lowest BCUT2D eigenvalue weighted by Crippen LogP contribution is -2.46. The molecule has 0 saturated carbocycles. The second-order valence-electron chi connectivity index (χ2n) is 9.15. The van der Waals surface area contributed by atoms with E-state index in [1.54, 1.807) is 18.3 Å². The minimum atomic E-state index is -3.32. The first-order valence-electron chi connectivity index (χ1n) is 11.9. The van der Waals surface area contributed by atoms with Crippen molar-refractivity contribution in [3.63, 3.8) is 0 Å². The second kappa shape index (κ2) is 9.09. The smallest absolute Gasteiger partial charge is 0.236 e. The minimum Gasteiger partial charge on any atom is -0.363 e. The molecule has 1 atom stereocenters. The van der Waals surface area contributed by atoms with Crippen LogP contribution in [0.2, 0.25) is 0 Å². The fraction of sp³-hybridized carbons (Fsp3) is 0.400. The molecule has 0 radical (unpaired) electrons. The number of nitrogens with zero attached hydrogens (tertiary/aromatic N) is 6. The Kier molecular flexibility index (Phi) is 6.10. The molecule has 1 saturated heterocycles. The molecule has 0 aliphatic carbocycles. The summed E-state index contributed by atoms with van der Waals surface area (Å²) >= 11 is 0. The van der Waals surface area contributed by atoms with Crippen LogP contribution in [0.5, 0.6) is 0 Å². The maximum atomic E-state index is 12.2. The Morgan fingerprint density at radius 3 is 2.63 bits per heavy atom. The van der Waals surface area contributed by atoms with Crippen molar-refractivity contribution in [2.75, 3.05) is 49.2 Å². The number of anilines is 2. The molecule has 1 N–H and O–H groups in total. The molecule has 9 nitrogen and oxygen atoms in total. The Balaban J connectivity index is 1.55. The summed E-state index contributed by atoms with van der Waals surface area (Å²) < 4.78 is 26.4. The number of hydrogen-bond donors (Lipinski definition) is 1. The maximum Gasteiger partial charge on any atom is 0.236 e. The Bertz CT molecular complexity index is 1490. The van der Waals surface area contributed by atoms with E-state index in [0.717, 1.165) is 60.6 Å². The van der Waals surface area contributed by atoms with Gasteiger partial charge in [-0.05, 0) is 43.7 Å². The van der Waals surface area contributed by atoms with Crippen molar-refractivity contribution in [2.24, 2.45) is 0 Å². The van der Waals surface area contributed by atoms with E-state index in [2.05, 4.69) is 33.1 Å². The topological polar surface area (TPSA) is 95.7 Å². The van der Waals surface area contributed by atoms with Crippen LogP contribution in [0.25, 0.3) is 16.7 Å². The summed E-state index contributed by atoms with van der Waals surface area (Å²) in [5.41, 5.74) is 2.58. The van der Waals surface area contributed by atoms with Crippen LogP contribution in [0.15, 0.2) is 47.8 Å². The van der Waals surface area contributed by atoms with Gasteiger partial charge in [0.15, 0.2) is 9.84 Å². The summed E-state index contributed by atoms with van der Waals surface area (Å²) in [6.45, 7) is 11.0. The average molecular weight is 494 g/mol. The van der Waals surface area contributed by atoms with Gasteiger partial charge in [0.05, 0.1) is 22.7 Å². The monoisotopic (exact) mass is 493 g/mol. The van der Waals surface area contributed by atoms with Crippen molar-refractivity contribution in [3.8, 4) is 0 Å². The van der Waals surface area contributed by atoms with Crippen LogP contribution in [-0.2, 0) is 9.84 Å². The maximum absolute atomic E-state index is 12.2. The van der Waals surface area contributed by atoms with Crippen LogP contribution >= 0.6 is 0 Å². The average Bonchev–Trinajstić information content (AvgIpc) is 3.32. The van der Waals surface area contributed by atoms with Crippen LogP contribution in [-0.4, -0.2) is 71.6 Å². The molecule has 1 aliphatic heterocycles. The predicted molar refractivity (Wildman–Crippen MR) is 139 cm³/mol. The van der Waals surface area contributed by atoms with Crippen LogP contribution in [0.3, 0.4) is 0 Å². The van der Waals surface area contributed by atoms with Gasteiger partial charge in [0, 0.05) is 50.2 Å². The second-order valence-corrected chi connectivity index (χ2v) is 11.1. The van der Waals surface area contributed by atoms with E-state index in [1.807, 2.05) is 36.7 Å². The van der Waals surface area contributed by atoms with E-state index in [1.165, 1.54) is 6.26 Å². The number of hydrogen-bond acceptors (Lipinski definition) is 8. The third-order valence-corrected chi connectivity index (χ3v) is 8.15. The first kappa shape index (κ1) is 23.5. The highest BCUT2D eigenvalue weighted by Crippen LogP contribution is 2.31. The van der Waals surface area contributed by atoms with Crippen LogP contribution < -0.4 is 10.2 Å². The van der Waals surface area contributed by atoms with Crippen molar-refractivity contribution in [2.45, 2.75) is 31.7 Å². The summed E-state index contributed by atoms with van der Waals surface area (Å²) in [7, 11) is -3.32. The first-order chi connectivity index (χ1) is 16.8. The number of rotatable bonds is 6. The molecule has 0 spiro atoms. The summed E-state index contributed by atoms with van der Waals surface area (Å²) in [5.74, 6) is 2.21. The van der Waals surface area contributed by atoms with E-state index in [9.17, 15) is 8.42 Å². The molecule has 1 aromatic carbocycles. The van der Waals surface area contributed by atoms with Gasteiger partial charge in [-0.25, -0.2) is 18.4 Å². The quantitative estimate of drug-likeness (QED) is 0.437. The largest absolute Gasteiger partial charge is 0.363 e.